The van der Waals surface area contributed by atoms with Gasteiger partial charge in [-0.3, -0.25) is 0 Å². The van der Waals surface area contributed by atoms with Crippen LogP contribution in [0.25, 0.3) is 10.1 Å². The lowest BCUT2D eigenvalue weighted by Gasteiger charge is -1.98. The maximum atomic E-state index is 12.4. The Morgan fingerprint density at radius 2 is 2.07 bits per heavy atom. The number of aryl methyl sites for hydroxylation is 1. The summed E-state index contributed by atoms with van der Waals surface area (Å²) in [6.45, 7) is 1.94. The second kappa shape index (κ2) is 3.51. The van der Waals surface area contributed by atoms with E-state index in [9.17, 15) is 8.78 Å². The zero-order valence-electron chi connectivity index (χ0n) is 7.42. The second-order valence-electron chi connectivity index (χ2n) is 3.06. The highest BCUT2D eigenvalue weighted by Gasteiger charge is 2.10. The van der Waals surface area contributed by atoms with Crippen molar-refractivity contribution >= 4 is 34.1 Å². The molecule has 0 aliphatic carbocycles. The van der Waals surface area contributed by atoms with Crippen LogP contribution >= 0.6 is 24.0 Å². The van der Waals surface area contributed by atoms with Gasteiger partial charge >= 0.3 is 0 Å². The Labute approximate surface area is 90.0 Å². The first-order valence-electron chi connectivity index (χ1n) is 4.09. The molecule has 0 fully saturated rings. The van der Waals surface area contributed by atoms with Crippen molar-refractivity contribution < 1.29 is 8.78 Å². The summed E-state index contributed by atoms with van der Waals surface area (Å²) in [5, 5.41) is 0.959. The number of hydrogen-bond donors (Lipinski definition) is 1. The fourth-order valence-corrected chi connectivity index (χ4v) is 2.78. The first-order chi connectivity index (χ1) is 6.59. The average molecular weight is 230 g/mol. The number of rotatable bonds is 1. The maximum Gasteiger partial charge on any atom is 0.263 e. The van der Waals surface area contributed by atoms with E-state index < -0.39 is 6.43 Å². The third-order valence-corrected chi connectivity index (χ3v) is 3.90. The third kappa shape index (κ3) is 1.53. The van der Waals surface area contributed by atoms with Crippen LogP contribution in [0.2, 0.25) is 0 Å². The molecule has 0 saturated carbocycles. The molecule has 0 saturated heterocycles. The fourth-order valence-electron chi connectivity index (χ4n) is 1.36. The minimum absolute atomic E-state index is 0.0760. The molecule has 0 unspecified atom stereocenters. The number of thiol groups is 1. The van der Waals surface area contributed by atoms with Gasteiger partial charge in [0.2, 0.25) is 0 Å². The van der Waals surface area contributed by atoms with Crippen LogP contribution in [0.4, 0.5) is 8.78 Å². The Hall–Kier alpha value is -0.610. The lowest BCUT2D eigenvalue weighted by molar-refractivity contribution is 0.151. The van der Waals surface area contributed by atoms with Crippen molar-refractivity contribution in [3.63, 3.8) is 0 Å². The monoisotopic (exact) mass is 230 g/mol. The Morgan fingerprint density at radius 1 is 1.36 bits per heavy atom. The van der Waals surface area contributed by atoms with Crippen LogP contribution in [-0.4, -0.2) is 0 Å². The van der Waals surface area contributed by atoms with E-state index in [0.717, 1.165) is 19.9 Å². The summed E-state index contributed by atoms with van der Waals surface area (Å²) in [5.74, 6) is 0. The zero-order valence-corrected chi connectivity index (χ0v) is 9.13. The van der Waals surface area contributed by atoms with E-state index in [0.29, 0.717) is 0 Å². The molecule has 0 nitrogen and oxygen atoms in total. The van der Waals surface area contributed by atoms with Crippen LogP contribution < -0.4 is 0 Å². The third-order valence-electron chi connectivity index (χ3n) is 2.11. The summed E-state index contributed by atoms with van der Waals surface area (Å²) in [5.41, 5.74) is 0.0760. The van der Waals surface area contributed by atoms with E-state index in [4.69, 9.17) is 0 Å². The number of alkyl halides is 2. The average Bonchev–Trinajstić information content (AvgIpc) is 2.42. The molecule has 0 spiro atoms. The molecule has 1 aromatic carbocycles. The summed E-state index contributed by atoms with van der Waals surface area (Å²) in [4.78, 5) is 1.96. The Morgan fingerprint density at radius 3 is 2.71 bits per heavy atom. The molecule has 0 N–H and O–H groups in total. The van der Waals surface area contributed by atoms with Crippen LogP contribution in [0.5, 0.6) is 0 Å². The Kier molecular flexibility index (Phi) is 2.49. The molecule has 0 atom stereocenters. The normalized spacial score (nSPS) is 11.5. The predicted molar refractivity (Wildman–Crippen MR) is 58.8 cm³/mol. The second-order valence-corrected chi connectivity index (χ2v) is 4.77. The summed E-state index contributed by atoms with van der Waals surface area (Å²) in [6.07, 6.45) is -2.40. The summed E-state index contributed by atoms with van der Waals surface area (Å²) in [6, 6.07) is 4.71. The van der Waals surface area contributed by atoms with E-state index >= 15 is 0 Å². The highest BCUT2D eigenvalue weighted by molar-refractivity contribution is 7.80. The van der Waals surface area contributed by atoms with Crippen molar-refractivity contribution in [2.75, 3.05) is 0 Å². The molecular weight excluding hydrogens is 222 g/mol. The van der Waals surface area contributed by atoms with Crippen LogP contribution in [0.15, 0.2) is 23.1 Å². The molecule has 2 aromatic rings. The number of thiophene rings is 1. The molecule has 4 heteroatoms. The minimum atomic E-state index is -2.40. The Bertz CT molecular complexity index is 474. The summed E-state index contributed by atoms with van der Waals surface area (Å²) >= 11 is 5.82. The van der Waals surface area contributed by atoms with Gasteiger partial charge in [0, 0.05) is 25.4 Å². The van der Waals surface area contributed by atoms with Crippen molar-refractivity contribution in [3.8, 4) is 0 Å². The molecule has 0 aliphatic rings. The lowest BCUT2D eigenvalue weighted by Crippen LogP contribution is -1.81. The highest BCUT2D eigenvalue weighted by Crippen LogP contribution is 2.35. The number of hydrogen-bond acceptors (Lipinski definition) is 2. The molecule has 0 amide bonds. The van der Waals surface area contributed by atoms with Gasteiger partial charge in [0.05, 0.1) is 0 Å². The van der Waals surface area contributed by atoms with Gasteiger partial charge in [0.25, 0.3) is 6.43 Å². The van der Waals surface area contributed by atoms with Crippen molar-refractivity contribution in [1.29, 1.82) is 0 Å². The molecule has 1 heterocycles. The van der Waals surface area contributed by atoms with Gasteiger partial charge in [-0.15, -0.1) is 24.0 Å². The first-order valence-corrected chi connectivity index (χ1v) is 5.36. The Balaban J connectivity index is 2.67. The molecule has 74 valence electrons. The quantitative estimate of drug-likeness (QED) is 0.688. The smallest absolute Gasteiger partial charge is 0.205 e. The van der Waals surface area contributed by atoms with Gasteiger partial charge in [-0.05, 0) is 13.0 Å². The first kappa shape index (κ1) is 9.93. The van der Waals surface area contributed by atoms with E-state index in [2.05, 4.69) is 12.6 Å². The molecule has 0 aliphatic heterocycles. The molecule has 1 aromatic heterocycles. The molecule has 2 rings (SSSR count). The van der Waals surface area contributed by atoms with Gasteiger partial charge in [0.1, 0.15) is 0 Å². The van der Waals surface area contributed by atoms with Crippen molar-refractivity contribution in [2.24, 2.45) is 0 Å². The SMILES string of the molecule is Cc1sc2cc(C(F)F)ccc2c1S. The predicted octanol–water partition coefficient (Wildman–Crippen LogP) is 4.44. The van der Waals surface area contributed by atoms with E-state index in [1.807, 2.05) is 6.92 Å². The number of halogens is 2. The van der Waals surface area contributed by atoms with Crippen molar-refractivity contribution in [2.45, 2.75) is 18.2 Å². The van der Waals surface area contributed by atoms with Crippen molar-refractivity contribution in [1.82, 2.24) is 0 Å². The largest absolute Gasteiger partial charge is 0.263 e. The molecular formula is C10H8F2S2. The van der Waals surface area contributed by atoms with Crippen molar-refractivity contribution in [3.05, 3.63) is 28.6 Å². The van der Waals surface area contributed by atoms with E-state index in [1.165, 1.54) is 23.5 Å². The highest BCUT2D eigenvalue weighted by atomic mass is 32.1. The lowest BCUT2D eigenvalue weighted by atomic mass is 10.2. The van der Waals surface area contributed by atoms with Crippen LogP contribution in [0.3, 0.4) is 0 Å². The fraction of sp³-hybridized carbons (Fsp3) is 0.200. The van der Waals surface area contributed by atoms with E-state index in [1.54, 1.807) is 6.07 Å². The van der Waals surface area contributed by atoms with Crippen LogP contribution in [0.1, 0.15) is 16.9 Å². The standard InChI is InChI=1S/C10H8F2S2/c1-5-9(13)7-3-2-6(10(11)12)4-8(7)14-5/h2-4,10,13H,1H3. The minimum Gasteiger partial charge on any atom is -0.205 e. The topological polar surface area (TPSA) is 0 Å². The summed E-state index contributed by atoms with van der Waals surface area (Å²) < 4.78 is 25.7. The summed E-state index contributed by atoms with van der Waals surface area (Å²) in [7, 11) is 0. The van der Waals surface area contributed by atoms with Crippen LogP contribution in [-0.2, 0) is 0 Å². The van der Waals surface area contributed by atoms with Gasteiger partial charge in [-0.1, -0.05) is 12.1 Å². The van der Waals surface area contributed by atoms with E-state index in [-0.39, 0.29) is 5.56 Å². The molecule has 0 bridgehead atoms. The zero-order chi connectivity index (χ0) is 10.3. The van der Waals surface area contributed by atoms with Gasteiger partial charge in [-0.25, -0.2) is 8.78 Å². The molecule has 0 radical (unpaired) electrons. The van der Waals surface area contributed by atoms with Crippen LogP contribution in [0, 0.1) is 6.92 Å². The molecule has 14 heavy (non-hydrogen) atoms. The van der Waals surface area contributed by atoms with Gasteiger partial charge < -0.3 is 0 Å². The maximum absolute atomic E-state index is 12.4. The van der Waals surface area contributed by atoms with Gasteiger partial charge in [-0.2, -0.15) is 0 Å². The number of fused-ring (bicyclic) bond motifs is 1. The van der Waals surface area contributed by atoms with Gasteiger partial charge in [0.15, 0.2) is 0 Å². The number of benzene rings is 1.